The quantitative estimate of drug-likeness (QED) is 0.775. The van der Waals surface area contributed by atoms with Gasteiger partial charge in [0.05, 0.1) is 11.3 Å². The summed E-state index contributed by atoms with van der Waals surface area (Å²) < 4.78 is 0. The van der Waals surface area contributed by atoms with Crippen molar-refractivity contribution >= 4 is 5.91 Å². The zero-order chi connectivity index (χ0) is 12.1. The van der Waals surface area contributed by atoms with Crippen molar-refractivity contribution in [1.29, 1.82) is 5.26 Å². The van der Waals surface area contributed by atoms with E-state index in [0.29, 0.717) is 30.0 Å². The van der Waals surface area contributed by atoms with Crippen molar-refractivity contribution in [1.82, 2.24) is 9.88 Å². The van der Waals surface area contributed by atoms with Crippen molar-refractivity contribution in [3.8, 4) is 6.07 Å². The van der Waals surface area contributed by atoms with Gasteiger partial charge in [-0.3, -0.25) is 4.79 Å². The van der Waals surface area contributed by atoms with Gasteiger partial charge in [-0.1, -0.05) is 0 Å². The molecule has 0 fully saturated rings. The van der Waals surface area contributed by atoms with Crippen LogP contribution in [0.2, 0.25) is 0 Å². The molecule has 16 heavy (non-hydrogen) atoms. The third-order valence-electron chi connectivity index (χ3n) is 2.48. The molecule has 1 amide bonds. The molecule has 0 aliphatic rings. The van der Waals surface area contributed by atoms with Crippen LogP contribution in [0, 0.1) is 18.3 Å². The summed E-state index contributed by atoms with van der Waals surface area (Å²) in [5.74, 6) is -0.0856. The molecule has 0 spiro atoms. The molecule has 0 radical (unpaired) electrons. The zero-order valence-corrected chi connectivity index (χ0v) is 9.82. The summed E-state index contributed by atoms with van der Waals surface area (Å²) in [6.45, 7) is 6.92. The van der Waals surface area contributed by atoms with E-state index in [9.17, 15) is 4.79 Å². The lowest BCUT2D eigenvalue weighted by atomic mass is 10.2. The molecular formula is C12H15N3O. The minimum absolute atomic E-state index is 0.0856. The summed E-state index contributed by atoms with van der Waals surface area (Å²) in [6.07, 6.45) is 0. The van der Waals surface area contributed by atoms with Crippen LogP contribution in [0.25, 0.3) is 0 Å². The Labute approximate surface area is 95.5 Å². The second-order valence-corrected chi connectivity index (χ2v) is 3.42. The van der Waals surface area contributed by atoms with Crippen molar-refractivity contribution in [3.05, 3.63) is 29.1 Å². The smallest absolute Gasteiger partial charge is 0.272 e. The van der Waals surface area contributed by atoms with Gasteiger partial charge in [0.2, 0.25) is 0 Å². The average molecular weight is 217 g/mol. The lowest BCUT2D eigenvalue weighted by Crippen LogP contribution is -2.31. The van der Waals surface area contributed by atoms with Crippen LogP contribution in [0.5, 0.6) is 0 Å². The van der Waals surface area contributed by atoms with Gasteiger partial charge in [-0.25, -0.2) is 4.98 Å². The maximum absolute atomic E-state index is 11.9. The molecule has 0 unspecified atom stereocenters. The van der Waals surface area contributed by atoms with Gasteiger partial charge in [-0.15, -0.1) is 0 Å². The number of hydrogen-bond donors (Lipinski definition) is 0. The van der Waals surface area contributed by atoms with Crippen molar-refractivity contribution in [2.45, 2.75) is 20.8 Å². The number of nitrogens with zero attached hydrogens (tertiary/aromatic N) is 3. The summed E-state index contributed by atoms with van der Waals surface area (Å²) in [5.41, 5.74) is 1.51. The predicted octanol–water partition coefficient (Wildman–Crippen LogP) is 1.74. The number of nitriles is 1. The number of pyridine rings is 1. The number of carbonyl (C=O) groups excluding carboxylic acids is 1. The van der Waals surface area contributed by atoms with Crippen molar-refractivity contribution < 1.29 is 4.79 Å². The molecule has 0 saturated carbocycles. The minimum Gasteiger partial charge on any atom is -0.338 e. The summed E-state index contributed by atoms with van der Waals surface area (Å²) >= 11 is 0. The normalized spacial score (nSPS) is 9.62. The van der Waals surface area contributed by atoms with E-state index < -0.39 is 0 Å². The SMILES string of the molecule is CCN(CC)C(=O)c1ccc(C#N)c(C)n1. The number of hydrogen-bond acceptors (Lipinski definition) is 3. The van der Waals surface area contributed by atoms with Crippen LogP contribution < -0.4 is 0 Å². The van der Waals surface area contributed by atoms with E-state index in [1.54, 1.807) is 24.0 Å². The number of rotatable bonds is 3. The molecule has 4 heteroatoms. The Balaban J connectivity index is 3.02. The van der Waals surface area contributed by atoms with Crippen LogP contribution in [-0.2, 0) is 0 Å². The van der Waals surface area contributed by atoms with Crippen LogP contribution in [-0.4, -0.2) is 28.9 Å². The summed E-state index contributed by atoms with van der Waals surface area (Å²) in [4.78, 5) is 17.8. The van der Waals surface area contributed by atoms with Crippen molar-refractivity contribution in [2.75, 3.05) is 13.1 Å². The van der Waals surface area contributed by atoms with Crippen molar-refractivity contribution in [2.24, 2.45) is 0 Å². The van der Waals surface area contributed by atoms with Gasteiger partial charge in [-0.05, 0) is 32.9 Å². The van der Waals surface area contributed by atoms with E-state index in [1.165, 1.54) is 0 Å². The topological polar surface area (TPSA) is 57.0 Å². The first kappa shape index (κ1) is 12.2. The fourth-order valence-corrected chi connectivity index (χ4v) is 1.47. The van der Waals surface area contributed by atoms with Crippen LogP contribution in [0.15, 0.2) is 12.1 Å². The van der Waals surface area contributed by atoms with E-state index in [-0.39, 0.29) is 5.91 Å². The molecule has 1 aromatic heterocycles. The molecule has 0 saturated heterocycles. The molecule has 0 atom stereocenters. The third kappa shape index (κ3) is 2.37. The molecule has 0 aromatic carbocycles. The lowest BCUT2D eigenvalue weighted by Gasteiger charge is -2.18. The van der Waals surface area contributed by atoms with Gasteiger partial charge in [-0.2, -0.15) is 5.26 Å². The van der Waals surface area contributed by atoms with Crippen LogP contribution in [0.3, 0.4) is 0 Å². The fraction of sp³-hybridized carbons (Fsp3) is 0.417. The van der Waals surface area contributed by atoms with Gasteiger partial charge in [0.25, 0.3) is 5.91 Å². The second-order valence-electron chi connectivity index (χ2n) is 3.42. The Kier molecular flexibility index (Phi) is 4.01. The summed E-state index contributed by atoms with van der Waals surface area (Å²) in [5, 5.41) is 8.76. The molecule has 4 nitrogen and oxygen atoms in total. The summed E-state index contributed by atoms with van der Waals surface area (Å²) in [6, 6.07) is 5.27. The van der Waals surface area contributed by atoms with E-state index in [0.717, 1.165) is 0 Å². The monoisotopic (exact) mass is 217 g/mol. The molecule has 1 heterocycles. The molecule has 0 bridgehead atoms. The zero-order valence-electron chi connectivity index (χ0n) is 9.82. The Morgan fingerprint density at radius 2 is 2.06 bits per heavy atom. The Bertz CT molecular complexity index is 430. The van der Waals surface area contributed by atoms with E-state index in [4.69, 9.17) is 5.26 Å². The molecule has 1 rings (SSSR count). The van der Waals surface area contributed by atoms with Crippen LogP contribution in [0.1, 0.15) is 35.6 Å². The standard InChI is InChI=1S/C12H15N3O/c1-4-15(5-2)12(16)11-7-6-10(8-13)9(3)14-11/h6-7H,4-5H2,1-3H3. The minimum atomic E-state index is -0.0856. The van der Waals surface area contributed by atoms with Crippen LogP contribution in [0.4, 0.5) is 0 Å². The molecular weight excluding hydrogens is 202 g/mol. The Hall–Kier alpha value is -1.89. The number of aromatic nitrogens is 1. The van der Waals surface area contributed by atoms with Gasteiger partial charge < -0.3 is 4.90 Å². The van der Waals surface area contributed by atoms with Gasteiger partial charge >= 0.3 is 0 Å². The molecule has 1 aromatic rings. The lowest BCUT2D eigenvalue weighted by molar-refractivity contribution is 0.0767. The third-order valence-corrected chi connectivity index (χ3v) is 2.48. The fourth-order valence-electron chi connectivity index (χ4n) is 1.47. The highest BCUT2D eigenvalue weighted by Gasteiger charge is 2.14. The van der Waals surface area contributed by atoms with Gasteiger partial charge in [0.15, 0.2) is 0 Å². The maximum Gasteiger partial charge on any atom is 0.272 e. The highest BCUT2D eigenvalue weighted by Crippen LogP contribution is 2.07. The number of aryl methyl sites for hydroxylation is 1. The van der Waals surface area contributed by atoms with Crippen molar-refractivity contribution in [3.63, 3.8) is 0 Å². The van der Waals surface area contributed by atoms with Crippen LogP contribution >= 0.6 is 0 Å². The molecule has 0 aliphatic heterocycles. The Morgan fingerprint density at radius 3 is 2.50 bits per heavy atom. The predicted molar refractivity (Wildman–Crippen MR) is 60.9 cm³/mol. The Morgan fingerprint density at radius 1 is 1.44 bits per heavy atom. The highest BCUT2D eigenvalue weighted by molar-refractivity contribution is 5.92. The second kappa shape index (κ2) is 5.26. The molecule has 0 aliphatic carbocycles. The number of carbonyl (C=O) groups is 1. The van der Waals surface area contributed by atoms with E-state index in [2.05, 4.69) is 4.98 Å². The summed E-state index contributed by atoms with van der Waals surface area (Å²) in [7, 11) is 0. The largest absolute Gasteiger partial charge is 0.338 e. The first-order valence-electron chi connectivity index (χ1n) is 5.31. The highest BCUT2D eigenvalue weighted by atomic mass is 16.2. The first-order valence-corrected chi connectivity index (χ1v) is 5.31. The molecule has 0 N–H and O–H groups in total. The average Bonchev–Trinajstić information content (AvgIpc) is 2.30. The number of amides is 1. The van der Waals surface area contributed by atoms with E-state index >= 15 is 0 Å². The van der Waals surface area contributed by atoms with Gasteiger partial charge in [0.1, 0.15) is 11.8 Å². The van der Waals surface area contributed by atoms with E-state index in [1.807, 2.05) is 19.9 Å². The first-order chi connectivity index (χ1) is 7.63. The molecule has 84 valence electrons. The maximum atomic E-state index is 11.9. The van der Waals surface area contributed by atoms with Gasteiger partial charge in [0, 0.05) is 13.1 Å².